The number of hydrogen-bond donors (Lipinski definition) is 1. The van der Waals surface area contributed by atoms with E-state index in [4.69, 9.17) is 23.2 Å². The van der Waals surface area contributed by atoms with Crippen molar-refractivity contribution in [3.8, 4) is 0 Å². The smallest absolute Gasteiger partial charge is 0.150 e. The van der Waals surface area contributed by atoms with Gasteiger partial charge in [-0.3, -0.25) is 5.01 Å². The van der Waals surface area contributed by atoms with Crippen molar-refractivity contribution in [2.45, 2.75) is 6.92 Å². The minimum atomic E-state index is 0.436. The molecular weight excluding hydrogens is 307 g/mol. The summed E-state index contributed by atoms with van der Waals surface area (Å²) in [7, 11) is 3.69. The summed E-state index contributed by atoms with van der Waals surface area (Å²) in [5, 5.41) is 10.5. The van der Waals surface area contributed by atoms with Crippen molar-refractivity contribution in [1.29, 1.82) is 0 Å². The van der Waals surface area contributed by atoms with Crippen molar-refractivity contribution in [2.75, 3.05) is 24.4 Å². The summed E-state index contributed by atoms with van der Waals surface area (Å²) in [4.78, 5) is 4.22. The van der Waals surface area contributed by atoms with Crippen molar-refractivity contribution in [2.24, 2.45) is 5.10 Å². The molecule has 2 aromatic rings. The first-order valence-corrected chi connectivity index (χ1v) is 7.16. The second-order valence-corrected chi connectivity index (χ2v) is 5.29. The van der Waals surface area contributed by atoms with Crippen molar-refractivity contribution >= 4 is 40.4 Å². The molecule has 0 bridgehead atoms. The number of anilines is 2. The number of pyridine rings is 1. The molecule has 0 spiro atoms. The van der Waals surface area contributed by atoms with E-state index in [0.717, 1.165) is 17.0 Å². The third-order valence-corrected chi connectivity index (χ3v) is 3.42. The van der Waals surface area contributed by atoms with Gasteiger partial charge in [0.05, 0.1) is 5.71 Å². The van der Waals surface area contributed by atoms with Crippen LogP contribution in [0.2, 0.25) is 10.2 Å². The lowest BCUT2D eigenvalue weighted by Crippen LogP contribution is -2.14. The zero-order chi connectivity index (χ0) is 15.4. The molecule has 0 aliphatic rings. The normalized spacial score (nSPS) is 11.4. The summed E-state index contributed by atoms with van der Waals surface area (Å²) in [5.41, 5.74) is 2.73. The third kappa shape index (κ3) is 3.86. The Morgan fingerprint density at radius 3 is 2.67 bits per heavy atom. The van der Waals surface area contributed by atoms with Crippen LogP contribution in [0.15, 0.2) is 41.5 Å². The lowest BCUT2D eigenvalue weighted by molar-refractivity contribution is 0.975. The Morgan fingerprint density at radius 2 is 2.00 bits per heavy atom. The molecule has 0 amide bonds. The quantitative estimate of drug-likeness (QED) is 0.518. The van der Waals surface area contributed by atoms with Crippen LogP contribution in [0.5, 0.6) is 0 Å². The van der Waals surface area contributed by atoms with E-state index in [0.29, 0.717) is 16.0 Å². The molecule has 4 nitrogen and oxygen atoms in total. The van der Waals surface area contributed by atoms with E-state index in [9.17, 15) is 0 Å². The zero-order valence-electron chi connectivity index (χ0n) is 12.1. The number of hydrogen-bond acceptors (Lipinski definition) is 4. The predicted octanol–water partition coefficient (Wildman–Crippen LogP) is 4.29. The van der Waals surface area contributed by atoms with Gasteiger partial charge in [-0.2, -0.15) is 5.10 Å². The monoisotopic (exact) mass is 322 g/mol. The van der Waals surface area contributed by atoms with Crippen molar-refractivity contribution in [3.63, 3.8) is 0 Å². The number of rotatable bonds is 4. The fourth-order valence-corrected chi connectivity index (χ4v) is 2.27. The summed E-state index contributed by atoms with van der Waals surface area (Å²) >= 11 is 12.0. The highest BCUT2D eigenvalue weighted by molar-refractivity contribution is 6.31. The maximum atomic E-state index is 6.07. The van der Waals surface area contributed by atoms with Crippen molar-refractivity contribution < 1.29 is 0 Å². The highest BCUT2D eigenvalue weighted by atomic mass is 35.5. The molecule has 0 radical (unpaired) electrons. The number of nitrogens with zero attached hydrogens (tertiary/aromatic N) is 3. The molecule has 0 aliphatic heterocycles. The maximum Gasteiger partial charge on any atom is 0.150 e. The molecule has 1 aromatic heterocycles. The van der Waals surface area contributed by atoms with Gasteiger partial charge in [-0.05, 0) is 37.3 Å². The summed E-state index contributed by atoms with van der Waals surface area (Å²) in [6.07, 6.45) is 0. The molecule has 1 heterocycles. The Labute approximate surface area is 134 Å². The van der Waals surface area contributed by atoms with E-state index in [1.807, 2.05) is 51.4 Å². The van der Waals surface area contributed by atoms with Gasteiger partial charge in [0.25, 0.3) is 0 Å². The van der Waals surface area contributed by atoms with E-state index in [2.05, 4.69) is 15.4 Å². The fourth-order valence-electron chi connectivity index (χ4n) is 1.94. The first-order chi connectivity index (χ1) is 10.0. The average molecular weight is 323 g/mol. The Morgan fingerprint density at radius 1 is 1.24 bits per heavy atom. The molecule has 0 atom stereocenters. The van der Waals surface area contributed by atoms with Crippen LogP contribution in [0, 0.1) is 0 Å². The Kier molecular flexibility index (Phi) is 5.04. The minimum absolute atomic E-state index is 0.436. The molecule has 0 saturated carbocycles. The van der Waals surface area contributed by atoms with Gasteiger partial charge in [-0.15, -0.1) is 0 Å². The number of aromatic nitrogens is 1. The van der Waals surface area contributed by atoms with Gasteiger partial charge >= 0.3 is 0 Å². The third-order valence-electron chi connectivity index (χ3n) is 2.97. The number of hydrazone groups is 1. The predicted molar refractivity (Wildman–Crippen MR) is 90.9 cm³/mol. The molecule has 0 unspecified atom stereocenters. The van der Waals surface area contributed by atoms with Gasteiger partial charge in [0.1, 0.15) is 11.0 Å². The molecule has 6 heteroatoms. The topological polar surface area (TPSA) is 40.5 Å². The van der Waals surface area contributed by atoms with Gasteiger partial charge in [0.2, 0.25) is 0 Å². The maximum absolute atomic E-state index is 6.07. The van der Waals surface area contributed by atoms with E-state index in [-0.39, 0.29) is 0 Å². The summed E-state index contributed by atoms with van der Waals surface area (Å²) in [6, 6.07) is 11.1. The van der Waals surface area contributed by atoms with Crippen LogP contribution in [0.1, 0.15) is 12.5 Å². The first-order valence-electron chi connectivity index (χ1n) is 6.40. The van der Waals surface area contributed by atoms with E-state index in [1.165, 1.54) is 0 Å². The van der Waals surface area contributed by atoms with Gasteiger partial charge in [-0.1, -0.05) is 29.3 Å². The van der Waals surface area contributed by atoms with Crippen LogP contribution >= 0.6 is 23.2 Å². The van der Waals surface area contributed by atoms with Gasteiger partial charge in [0, 0.05) is 30.4 Å². The molecule has 110 valence electrons. The molecule has 1 N–H and O–H groups in total. The molecule has 0 fully saturated rings. The van der Waals surface area contributed by atoms with Gasteiger partial charge in [0.15, 0.2) is 0 Å². The van der Waals surface area contributed by atoms with Crippen LogP contribution in [-0.2, 0) is 0 Å². The summed E-state index contributed by atoms with van der Waals surface area (Å²) in [5.74, 6) is 0.676. The Bertz CT molecular complexity index is 670. The lowest BCUT2D eigenvalue weighted by Gasteiger charge is -2.15. The number of nitrogens with one attached hydrogen (secondary N) is 1. The lowest BCUT2D eigenvalue weighted by atomic mass is 10.1. The summed E-state index contributed by atoms with van der Waals surface area (Å²) in [6.45, 7) is 1.92. The second kappa shape index (κ2) is 6.78. The molecule has 1 aromatic carbocycles. The molecule has 0 aliphatic carbocycles. The fraction of sp³-hybridized carbons (Fsp3) is 0.200. The van der Waals surface area contributed by atoms with E-state index in [1.54, 1.807) is 11.1 Å². The van der Waals surface area contributed by atoms with Crippen molar-refractivity contribution in [1.82, 2.24) is 4.98 Å². The van der Waals surface area contributed by atoms with E-state index < -0.39 is 0 Å². The largest absolute Gasteiger partial charge is 0.388 e. The zero-order valence-corrected chi connectivity index (χ0v) is 13.6. The van der Waals surface area contributed by atoms with E-state index >= 15 is 0 Å². The first kappa shape index (κ1) is 15.6. The Balaban J connectivity index is 2.34. The second-order valence-electron chi connectivity index (χ2n) is 4.47. The van der Waals surface area contributed by atoms with Crippen LogP contribution in [-0.4, -0.2) is 24.8 Å². The molecule has 2 rings (SSSR count). The minimum Gasteiger partial charge on any atom is -0.388 e. The van der Waals surface area contributed by atoms with Gasteiger partial charge in [-0.25, -0.2) is 4.98 Å². The molecular formula is C15H16Cl2N4. The van der Waals surface area contributed by atoms with Crippen LogP contribution in [0.3, 0.4) is 0 Å². The van der Waals surface area contributed by atoms with Crippen molar-refractivity contribution in [3.05, 3.63) is 52.1 Å². The highest BCUT2D eigenvalue weighted by Gasteiger charge is 2.08. The Hall–Kier alpha value is -1.78. The van der Waals surface area contributed by atoms with Crippen LogP contribution < -0.4 is 10.3 Å². The van der Waals surface area contributed by atoms with Crippen LogP contribution in [0.25, 0.3) is 0 Å². The number of halogens is 2. The molecule has 21 heavy (non-hydrogen) atoms. The average Bonchev–Trinajstić information content (AvgIpc) is 2.47. The standard InChI is InChI=1S/C15H16Cl2N4/c1-10(12-9-11(16)7-8-13(12)18-2)20-21(3)15-6-4-5-14(17)19-15/h4-9,18H,1-3H3/b20-10-. The van der Waals surface area contributed by atoms with Crippen LogP contribution in [0.4, 0.5) is 11.5 Å². The SMILES string of the molecule is CNc1ccc(Cl)cc1/C(C)=N\N(C)c1cccc(Cl)n1. The molecule has 0 saturated heterocycles. The number of benzene rings is 1. The summed E-state index contributed by atoms with van der Waals surface area (Å²) < 4.78 is 0. The highest BCUT2D eigenvalue weighted by Crippen LogP contribution is 2.22. The van der Waals surface area contributed by atoms with Gasteiger partial charge < -0.3 is 5.32 Å².